The Morgan fingerprint density at radius 3 is 2.64 bits per heavy atom. The fraction of sp³-hybridized carbons (Fsp3) is 0.300. The number of unbranched alkanes of at least 4 members (excludes halogenated alkanes) is 1. The number of phenolic OH excluding ortho intramolecular Hbond substituents is 2. The molecule has 232 valence electrons. The van der Waals surface area contributed by atoms with E-state index in [1.165, 1.54) is 18.4 Å². The molecule has 0 fully saturated rings. The van der Waals surface area contributed by atoms with Gasteiger partial charge >= 0.3 is 0 Å². The number of ketones is 1. The van der Waals surface area contributed by atoms with Crippen molar-refractivity contribution < 1.29 is 19.7 Å². The minimum absolute atomic E-state index is 0.0757. The minimum Gasteiger partial charge on any atom is -0.508 e. The molecule has 0 saturated carbocycles. The lowest BCUT2D eigenvalue weighted by Gasteiger charge is -2.13. The van der Waals surface area contributed by atoms with Gasteiger partial charge in [0.15, 0.2) is 17.3 Å². The molecule has 4 aromatic rings. The summed E-state index contributed by atoms with van der Waals surface area (Å²) < 4.78 is 6.00. The van der Waals surface area contributed by atoms with Crippen molar-refractivity contribution in [3.8, 4) is 28.4 Å². The Bertz CT molecular complexity index is 1740. The minimum atomic E-state index is 0.0757. The van der Waals surface area contributed by atoms with Crippen LogP contribution in [-0.4, -0.2) is 29.1 Å². The first-order valence-electron chi connectivity index (χ1n) is 16.1. The summed E-state index contributed by atoms with van der Waals surface area (Å²) in [5.41, 5.74) is 5.35. The predicted molar refractivity (Wildman–Crippen MR) is 181 cm³/mol. The smallest absolute Gasteiger partial charge is 0.161 e. The largest absolute Gasteiger partial charge is 0.508 e. The van der Waals surface area contributed by atoms with E-state index in [0.717, 1.165) is 52.1 Å². The van der Waals surface area contributed by atoms with Crippen molar-refractivity contribution in [2.75, 3.05) is 13.2 Å². The van der Waals surface area contributed by atoms with Crippen molar-refractivity contribution in [2.24, 2.45) is 10.9 Å². The first-order valence-corrected chi connectivity index (χ1v) is 16.1. The highest BCUT2D eigenvalue weighted by Gasteiger charge is 2.11. The Balaban J connectivity index is 1.06. The van der Waals surface area contributed by atoms with E-state index in [4.69, 9.17) is 4.74 Å². The Labute approximate surface area is 266 Å². The molecule has 0 radical (unpaired) electrons. The van der Waals surface area contributed by atoms with Crippen LogP contribution in [0.5, 0.6) is 17.2 Å². The van der Waals surface area contributed by atoms with E-state index in [-0.39, 0.29) is 17.3 Å². The van der Waals surface area contributed by atoms with Crippen LogP contribution in [0.3, 0.4) is 0 Å². The summed E-state index contributed by atoms with van der Waals surface area (Å²) in [6, 6.07) is 27.4. The molecule has 1 atom stereocenters. The van der Waals surface area contributed by atoms with Gasteiger partial charge in [0.1, 0.15) is 5.75 Å². The molecule has 0 aromatic heterocycles. The number of phenols is 2. The molecule has 4 aromatic carbocycles. The van der Waals surface area contributed by atoms with Gasteiger partial charge in [0, 0.05) is 12.8 Å². The zero-order chi connectivity index (χ0) is 31.4. The van der Waals surface area contributed by atoms with E-state index in [1.807, 2.05) is 36.4 Å². The van der Waals surface area contributed by atoms with E-state index >= 15 is 0 Å². The highest BCUT2D eigenvalue weighted by Crippen LogP contribution is 2.30. The Kier molecular flexibility index (Phi) is 11.2. The number of benzene rings is 4. The van der Waals surface area contributed by atoms with Crippen molar-refractivity contribution in [1.29, 1.82) is 0 Å². The second-order valence-electron chi connectivity index (χ2n) is 12.0. The van der Waals surface area contributed by atoms with Gasteiger partial charge in [-0.25, -0.2) is 0 Å². The van der Waals surface area contributed by atoms with E-state index in [0.29, 0.717) is 44.1 Å². The predicted octanol–water partition coefficient (Wildman–Crippen LogP) is 7.30. The van der Waals surface area contributed by atoms with Crippen molar-refractivity contribution in [3.05, 3.63) is 124 Å². The highest BCUT2D eigenvalue weighted by molar-refractivity contribution is 5.89. The van der Waals surface area contributed by atoms with Gasteiger partial charge < -0.3 is 14.9 Å². The first kappa shape index (κ1) is 31.8. The molecule has 1 heterocycles. The van der Waals surface area contributed by atoms with Gasteiger partial charge in [0.05, 0.1) is 18.5 Å². The quantitative estimate of drug-likeness (QED) is 0.104. The van der Waals surface area contributed by atoms with E-state index in [9.17, 15) is 15.0 Å². The van der Waals surface area contributed by atoms with Crippen LogP contribution in [-0.2, 0) is 24.1 Å². The van der Waals surface area contributed by atoms with Crippen molar-refractivity contribution >= 4 is 11.9 Å². The average molecular weight is 602 g/mol. The molecule has 45 heavy (non-hydrogen) atoms. The summed E-state index contributed by atoms with van der Waals surface area (Å²) in [7, 11) is 0. The standard InChI is InChI=1S/C40H43NO4/c1-29(12-13-30-9-5-3-6-10-30)8-4-2-7-11-35(42)18-14-31-15-21-39(44)40(26-31)45-25-23-32-16-19-36(43)28-37(32)33-17-20-38-34(27-33)22-24-41-38/h3,5-7,9-11,15-17,19-22,26-29,43-44H,2,4,8,12-14,18,23-25H2,1H3/b11-7+/t29-/m1/s1. The van der Waals surface area contributed by atoms with Crippen LogP contribution < -0.4 is 15.3 Å². The van der Waals surface area contributed by atoms with Crippen LogP contribution >= 0.6 is 0 Å². The zero-order valence-corrected chi connectivity index (χ0v) is 26.1. The Morgan fingerprint density at radius 1 is 0.911 bits per heavy atom. The molecule has 1 aliphatic heterocycles. The number of ether oxygens (including phenoxy) is 1. The third-order valence-corrected chi connectivity index (χ3v) is 8.46. The Hall–Kier alpha value is -4.64. The van der Waals surface area contributed by atoms with Gasteiger partial charge in [-0.15, -0.1) is 0 Å². The molecule has 0 amide bonds. The summed E-state index contributed by atoms with van der Waals surface area (Å²) in [6.45, 7) is 3.36. The highest BCUT2D eigenvalue weighted by atomic mass is 16.5. The summed E-state index contributed by atoms with van der Waals surface area (Å²) in [4.78, 5) is 17.0. The Morgan fingerprint density at radius 2 is 1.78 bits per heavy atom. The summed E-state index contributed by atoms with van der Waals surface area (Å²) in [5, 5.41) is 22.7. The van der Waals surface area contributed by atoms with Gasteiger partial charge in [-0.2, -0.15) is 0 Å². The first-order chi connectivity index (χ1) is 21.9. The second-order valence-corrected chi connectivity index (χ2v) is 12.0. The van der Waals surface area contributed by atoms with E-state index < -0.39 is 0 Å². The lowest BCUT2D eigenvalue weighted by atomic mass is 9.96. The number of hydrogen-bond donors (Lipinski definition) is 2. The maximum absolute atomic E-state index is 12.5. The number of aryl methyl sites for hydroxylation is 2. The van der Waals surface area contributed by atoms with Gasteiger partial charge in [0.2, 0.25) is 0 Å². The van der Waals surface area contributed by atoms with Crippen LogP contribution in [0.2, 0.25) is 0 Å². The summed E-state index contributed by atoms with van der Waals surface area (Å²) >= 11 is 0. The van der Waals surface area contributed by atoms with Crippen molar-refractivity contribution in [1.82, 2.24) is 0 Å². The normalized spacial score (nSPS) is 12.8. The summed E-state index contributed by atoms with van der Waals surface area (Å²) in [6.07, 6.45) is 12.9. The molecule has 5 heteroatoms. The summed E-state index contributed by atoms with van der Waals surface area (Å²) in [5.74, 6) is 1.48. The van der Waals surface area contributed by atoms with Gasteiger partial charge in [-0.3, -0.25) is 9.79 Å². The maximum atomic E-state index is 12.5. The molecule has 0 unspecified atom stereocenters. The fourth-order valence-electron chi connectivity index (χ4n) is 5.78. The molecular weight excluding hydrogens is 558 g/mol. The number of allylic oxidation sites excluding steroid dienone is 2. The molecule has 0 spiro atoms. The third kappa shape index (κ3) is 9.42. The topological polar surface area (TPSA) is 79.1 Å². The molecule has 1 aliphatic rings. The number of nitrogens with zero attached hydrogens (tertiary/aromatic N) is 1. The van der Waals surface area contributed by atoms with Gasteiger partial charge in [0.25, 0.3) is 0 Å². The maximum Gasteiger partial charge on any atom is 0.161 e. The number of carbonyl (C=O) groups is 1. The lowest BCUT2D eigenvalue weighted by Crippen LogP contribution is -2.20. The van der Waals surface area contributed by atoms with Crippen LogP contribution in [0.1, 0.15) is 55.7 Å². The van der Waals surface area contributed by atoms with Crippen LogP contribution in [0.25, 0.3) is 17.2 Å². The van der Waals surface area contributed by atoms with Gasteiger partial charge in [-0.05, 0) is 114 Å². The van der Waals surface area contributed by atoms with Crippen LogP contribution in [0, 0.1) is 5.92 Å². The molecule has 0 aliphatic carbocycles. The molecule has 2 N–H and O–H groups in total. The SMILES string of the molecule is C[C@H](CCC/C=C/C(=O)CCc1ccc(O)c(OCCc2ccc(O)cc2-c2ccc3c(c2)=CCN=3)c1)CCc1ccccc1. The molecule has 5 nitrogen and oxygen atoms in total. The van der Waals surface area contributed by atoms with Crippen molar-refractivity contribution in [2.45, 2.75) is 58.3 Å². The lowest BCUT2D eigenvalue weighted by molar-refractivity contribution is -0.114. The monoisotopic (exact) mass is 601 g/mol. The number of rotatable bonds is 16. The number of aromatic hydroxyl groups is 2. The molecule has 0 bridgehead atoms. The number of carbonyl (C=O) groups excluding carboxylic acids is 1. The second kappa shape index (κ2) is 15.9. The zero-order valence-electron chi connectivity index (χ0n) is 26.1. The number of fused-ring (bicyclic) bond motifs is 1. The third-order valence-electron chi connectivity index (χ3n) is 8.46. The van der Waals surface area contributed by atoms with Crippen LogP contribution in [0.4, 0.5) is 0 Å². The molecule has 0 saturated heterocycles. The van der Waals surface area contributed by atoms with E-state index in [1.54, 1.807) is 24.3 Å². The van der Waals surface area contributed by atoms with E-state index in [2.05, 4.69) is 54.4 Å². The number of hydrogen-bond acceptors (Lipinski definition) is 5. The fourth-order valence-corrected chi connectivity index (χ4v) is 5.78. The molecular formula is C40H43NO4. The average Bonchev–Trinajstić information content (AvgIpc) is 3.53. The molecule has 5 rings (SSSR count). The van der Waals surface area contributed by atoms with Crippen molar-refractivity contribution in [3.63, 3.8) is 0 Å². The van der Waals surface area contributed by atoms with Crippen LogP contribution in [0.15, 0.2) is 102 Å². The van der Waals surface area contributed by atoms with Gasteiger partial charge in [-0.1, -0.05) is 74.0 Å².